The molecule has 0 atom stereocenters. The van der Waals surface area contributed by atoms with E-state index in [0.29, 0.717) is 26.2 Å². The van der Waals surface area contributed by atoms with Gasteiger partial charge in [-0.3, -0.25) is 0 Å². The van der Waals surface area contributed by atoms with E-state index >= 15 is 0 Å². The van der Waals surface area contributed by atoms with Crippen LogP contribution in [-0.2, 0) is 4.74 Å². The molecule has 0 unspecified atom stereocenters. The van der Waals surface area contributed by atoms with Crippen molar-refractivity contribution in [1.29, 1.82) is 0 Å². The highest BCUT2D eigenvalue weighted by atomic mass is 19.2. The minimum Gasteiger partial charge on any atom is -0.450 e. The topological polar surface area (TPSA) is 32.8 Å². The maximum absolute atomic E-state index is 13.7. The van der Waals surface area contributed by atoms with Crippen LogP contribution in [0.5, 0.6) is 0 Å². The number of carbonyl (C=O) groups excluding carboxylic acids is 1. The summed E-state index contributed by atoms with van der Waals surface area (Å²) >= 11 is 0. The molecule has 110 valence electrons. The van der Waals surface area contributed by atoms with Crippen LogP contribution in [0, 0.1) is 17.5 Å². The molecule has 4 nitrogen and oxygen atoms in total. The third-order valence-electron chi connectivity index (χ3n) is 3.16. The van der Waals surface area contributed by atoms with Crippen molar-refractivity contribution in [2.75, 3.05) is 37.7 Å². The Kier molecular flexibility index (Phi) is 4.36. The van der Waals surface area contributed by atoms with Gasteiger partial charge in [-0.05, 0) is 19.1 Å². The highest BCUT2D eigenvalue weighted by molar-refractivity contribution is 5.68. The number of hydrogen-bond acceptors (Lipinski definition) is 3. The second-order valence-corrected chi connectivity index (χ2v) is 4.37. The van der Waals surface area contributed by atoms with Crippen LogP contribution < -0.4 is 4.90 Å². The second-order valence-electron chi connectivity index (χ2n) is 4.37. The van der Waals surface area contributed by atoms with Gasteiger partial charge in [0.15, 0.2) is 17.5 Å². The average molecular weight is 288 g/mol. The van der Waals surface area contributed by atoms with Gasteiger partial charge in [-0.15, -0.1) is 0 Å². The summed E-state index contributed by atoms with van der Waals surface area (Å²) in [6, 6.07) is 2.10. The molecule has 1 aliphatic rings. The standard InChI is InChI=1S/C13H15F3N2O2/c1-2-20-13(19)18-7-5-17(6-8-18)10-4-3-9(14)11(15)12(10)16/h3-4H,2,5-8H2,1H3. The number of benzene rings is 1. The molecule has 0 N–H and O–H groups in total. The fourth-order valence-electron chi connectivity index (χ4n) is 2.10. The van der Waals surface area contributed by atoms with Gasteiger partial charge in [-0.1, -0.05) is 0 Å². The Bertz CT molecular complexity index is 503. The Hall–Kier alpha value is -1.92. The Morgan fingerprint density at radius 1 is 1.15 bits per heavy atom. The fraction of sp³-hybridized carbons (Fsp3) is 0.462. The number of ether oxygens (including phenoxy) is 1. The van der Waals surface area contributed by atoms with E-state index in [-0.39, 0.29) is 12.3 Å². The zero-order chi connectivity index (χ0) is 14.7. The SMILES string of the molecule is CCOC(=O)N1CCN(c2ccc(F)c(F)c2F)CC1. The van der Waals surface area contributed by atoms with Gasteiger partial charge in [0.25, 0.3) is 0 Å². The van der Waals surface area contributed by atoms with Crippen molar-refractivity contribution in [3.8, 4) is 0 Å². The summed E-state index contributed by atoms with van der Waals surface area (Å²) in [5, 5.41) is 0. The Morgan fingerprint density at radius 3 is 2.40 bits per heavy atom. The molecule has 1 aliphatic heterocycles. The first-order valence-electron chi connectivity index (χ1n) is 6.34. The maximum Gasteiger partial charge on any atom is 0.409 e. The number of rotatable bonds is 2. The molecule has 0 saturated carbocycles. The molecule has 1 amide bonds. The number of anilines is 1. The Morgan fingerprint density at radius 2 is 1.80 bits per heavy atom. The Labute approximate surface area is 114 Å². The quantitative estimate of drug-likeness (QED) is 0.783. The van der Waals surface area contributed by atoms with Gasteiger partial charge in [0.2, 0.25) is 0 Å². The third-order valence-corrected chi connectivity index (χ3v) is 3.16. The molecule has 7 heteroatoms. The van der Waals surface area contributed by atoms with Crippen LogP contribution in [-0.4, -0.2) is 43.8 Å². The fourth-order valence-corrected chi connectivity index (χ4v) is 2.10. The lowest BCUT2D eigenvalue weighted by atomic mass is 10.2. The molecule has 1 saturated heterocycles. The van der Waals surface area contributed by atoms with E-state index in [0.717, 1.165) is 6.07 Å². The van der Waals surface area contributed by atoms with Crippen molar-refractivity contribution in [3.63, 3.8) is 0 Å². The molecule has 0 aliphatic carbocycles. The number of piperazine rings is 1. The van der Waals surface area contributed by atoms with Crippen LogP contribution in [0.2, 0.25) is 0 Å². The second kappa shape index (κ2) is 6.02. The minimum absolute atomic E-state index is 0.00686. The van der Waals surface area contributed by atoms with E-state index in [9.17, 15) is 18.0 Å². The van der Waals surface area contributed by atoms with E-state index in [1.165, 1.54) is 11.0 Å². The molecule has 1 heterocycles. The minimum atomic E-state index is -1.48. The van der Waals surface area contributed by atoms with E-state index in [2.05, 4.69) is 0 Å². The summed E-state index contributed by atoms with van der Waals surface area (Å²) in [5.74, 6) is -3.89. The number of amides is 1. The highest BCUT2D eigenvalue weighted by Crippen LogP contribution is 2.24. The predicted molar refractivity (Wildman–Crippen MR) is 67.1 cm³/mol. The summed E-state index contributed by atoms with van der Waals surface area (Å²) in [4.78, 5) is 14.6. The van der Waals surface area contributed by atoms with Gasteiger partial charge in [-0.25, -0.2) is 18.0 Å². The molecule has 0 spiro atoms. The van der Waals surface area contributed by atoms with Crippen molar-refractivity contribution in [3.05, 3.63) is 29.6 Å². The predicted octanol–water partition coefficient (Wildman–Crippen LogP) is 2.38. The Balaban J connectivity index is 2.04. The van der Waals surface area contributed by atoms with Crippen LogP contribution in [0.25, 0.3) is 0 Å². The van der Waals surface area contributed by atoms with Crippen LogP contribution in [0.15, 0.2) is 12.1 Å². The third kappa shape index (κ3) is 2.81. The van der Waals surface area contributed by atoms with Crippen molar-refractivity contribution in [1.82, 2.24) is 4.90 Å². The van der Waals surface area contributed by atoms with Crippen molar-refractivity contribution >= 4 is 11.8 Å². The highest BCUT2D eigenvalue weighted by Gasteiger charge is 2.25. The normalized spacial score (nSPS) is 15.4. The molecule has 20 heavy (non-hydrogen) atoms. The summed E-state index contributed by atoms with van der Waals surface area (Å²) in [6.45, 7) is 3.36. The van der Waals surface area contributed by atoms with Gasteiger partial charge >= 0.3 is 6.09 Å². The lowest BCUT2D eigenvalue weighted by molar-refractivity contribution is 0.105. The molecule has 0 radical (unpaired) electrons. The van der Waals surface area contributed by atoms with E-state index in [1.54, 1.807) is 11.8 Å². The zero-order valence-corrected chi connectivity index (χ0v) is 11.0. The first-order valence-corrected chi connectivity index (χ1v) is 6.34. The molecule has 1 aromatic rings. The van der Waals surface area contributed by atoms with E-state index in [4.69, 9.17) is 4.74 Å². The van der Waals surface area contributed by atoms with Crippen LogP contribution in [0.1, 0.15) is 6.92 Å². The van der Waals surface area contributed by atoms with Gasteiger partial charge < -0.3 is 14.5 Å². The lowest BCUT2D eigenvalue weighted by Gasteiger charge is -2.35. The number of hydrogen-bond donors (Lipinski definition) is 0. The van der Waals surface area contributed by atoms with Crippen LogP contribution in [0.4, 0.5) is 23.7 Å². The molecule has 0 bridgehead atoms. The monoisotopic (exact) mass is 288 g/mol. The van der Waals surface area contributed by atoms with Crippen molar-refractivity contribution < 1.29 is 22.7 Å². The molecule has 2 rings (SSSR count). The summed E-state index contributed by atoms with van der Waals surface area (Å²) in [7, 11) is 0. The lowest BCUT2D eigenvalue weighted by Crippen LogP contribution is -2.49. The average Bonchev–Trinajstić information content (AvgIpc) is 2.45. The van der Waals surface area contributed by atoms with Crippen molar-refractivity contribution in [2.45, 2.75) is 6.92 Å². The number of nitrogens with zero attached hydrogens (tertiary/aromatic N) is 2. The maximum atomic E-state index is 13.7. The molecular formula is C13H15F3N2O2. The molecular weight excluding hydrogens is 273 g/mol. The summed E-state index contributed by atoms with van der Waals surface area (Å²) < 4.78 is 44.6. The van der Waals surface area contributed by atoms with E-state index < -0.39 is 23.5 Å². The molecule has 1 fully saturated rings. The molecule has 0 aromatic heterocycles. The van der Waals surface area contributed by atoms with Gasteiger partial charge in [0.1, 0.15) is 0 Å². The first kappa shape index (κ1) is 14.5. The summed E-state index contributed by atoms with van der Waals surface area (Å²) in [6.07, 6.45) is -0.419. The largest absolute Gasteiger partial charge is 0.450 e. The zero-order valence-electron chi connectivity index (χ0n) is 11.0. The number of halogens is 3. The van der Waals surface area contributed by atoms with Gasteiger partial charge in [0.05, 0.1) is 12.3 Å². The van der Waals surface area contributed by atoms with E-state index in [1.807, 2.05) is 0 Å². The molecule has 1 aromatic carbocycles. The number of carbonyl (C=O) groups is 1. The van der Waals surface area contributed by atoms with Crippen LogP contribution >= 0.6 is 0 Å². The van der Waals surface area contributed by atoms with Crippen LogP contribution in [0.3, 0.4) is 0 Å². The van der Waals surface area contributed by atoms with Crippen molar-refractivity contribution in [2.24, 2.45) is 0 Å². The van der Waals surface area contributed by atoms with Gasteiger partial charge in [-0.2, -0.15) is 0 Å². The first-order chi connectivity index (χ1) is 9.54. The van der Waals surface area contributed by atoms with Gasteiger partial charge in [0, 0.05) is 26.2 Å². The smallest absolute Gasteiger partial charge is 0.409 e. The summed E-state index contributed by atoms with van der Waals surface area (Å²) in [5.41, 5.74) is 0.00686.